The number of nitrogen functional groups attached to an aromatic ring is 2. The molecule has 0 bridgehead atoms. The molecule has 0 radical (unpaired) electrons. The molecule has 110 valence electrons. The lowest BCUT2D eigenvalue weighted by molar-refractivity contribution is 0.600. The van der Waals surface area contributed by atoms with Crippen LogP contribution in [0.2, 0.25) is 0 Å². The average Bonchev–Trinajstić information content (AvgIpc) is 2.30. The van der Waals surface area contributed by atoms with E-state index in [0.29, 0.717) is 30.2 Å². The fourth-order valence-corrected chi connectivity index (χ4v) is 2.05. The average molecular weight is 297 g/mol. The molecule has 1 heterocycles. The predicted octanol–water partition coefficient (Wildman–Crippen LogP) is -0.0438. The Morgan fingerprint density at radius 3 is 2.50 bits per heavy atom. The largest absolute Gasteiger partial charge is 0.390 e. The van der Waals surface area contributed by atoms with Crippen molar-refractivity contribution < 1.29 is 8.42 Å². The van der Waals surface area contributed by atoms with Gasteiger partial charge in [-0.2, -0.15) is 0 Å². The second kappa shape index (κ2) is 6.90. The molecular formula is C12H19N5O2S. The van der Waals surface area contributed by atoms with Gasteiger partial charge in [-0.1, -0.05) is 0 Å². The van der Waals surface area contributed by atoms with Gasteiger partial charge in [0.25, 0.3) is 0 Å². The van der Waals surface area contributed by atoms with Gasteiger partial charge in [0.05, 0.1) is 5.75 Å². The molecule has 0 aliphatic carbocycles. The SMILES string of the molecule is CS(=O)(=O)CCN/C=C(\C=N)Cc1cc(N)nc(N)c1. The van der Waals surface area contributed by atoms with E-state index >= 15 is 0 Å². The first-order valence-corrected chi connectivity index (χ1v) is 7.99. The third-order valence-corrected chi connectivity index (χ3v) is 3.37. The summed E-state index contributed by atoms with van der Waals surface area (Å²) >= 11 is 0. The zero-order chi connectivity index (χ0) is 15.2. The van der Waals surface area contributed by atoms with Gasteiger partial charge in [-0.25, -0.2) is 13.4 Å². The van der Waals surface area contributed by atoms with Crippen LogP contribution in [0.1, 0.15) is 5.56 Å². The highest BCUT2D eigenvalue weighted by molar-refractivity contribution is 7.90. The third-order valence-electron chi connectivity index (χ3n) is 2.42. The minimum absolute atomic E-state index is 0.0456. The number of sulfone groups is 1. The lowest BCUT2D eigenvalue weighted by atomic mass is 10.1. The maximum absolute atomic E-state index is 11.0. The number of aromatic nitrogens is 1. The predicted molar refractivity (Wildman–Crippen MR) is 81.3 cm³/mol. The first kappa shape index (κ1) is 16.0. The van der Waals surface area contributed by atoms with E-state index in [0.717, 1.165) is 5.56 Å². The second-order valence-electron chi connectivity index (χ2n) is 4.45. The Kier molecular flexibility index (Phi) is 5.51. The highest BCUT2D eigenvalue weighted by Crippen LogP contribution is 2.12. The molecule has 1 aromatic heterocycles. The van der Waals surface area contributed by atoms with Crippen LogP contribution < -0.4 is 16.8 Å². The van der Waals surface area contributed by atoms with Crippen LogP contribution >= 0.6 is 0 Å². The van der Waals surface area contributed by atoms with E-state index in [-0.39, 0.29) is 5.75 Å². The number of anilines is 2. The molecule has 0 amide bonds. The van der Waals surface area contributed by atoms with Gasteiger partial charge in [0.1, 0.15) is 21.5 Å². The molecular weight excluding hydrogens is 278 g/mol. The quantitative estimate of drug-likeness (QED) is 0.412. The van der Waals surface area contributed by atoms with E-state index in [1.54, 1.807) is 18.3 Å². The summed E-state index contributed by atoms with van der Waals surface area (Å²) in [5.74, 6) is 0.702. The van der Waals surface area contributed by atoms with Crippen LogP contribution in [-0.2, 0) is 16.3 Å². The van der Waals surface area contributed by atoms with Gasteiger partial charge >= 0.3 is 0 Å². The minimum atomic E-state index is -2.99. The number of rotatable bonds is 7. The number of nitrogens with two attached hydrogens (primary N) is 2. The van der Waals surface area contributed by atoms with Crippen molar-refractivity contribution in [1.29, 1.82) is 5.41 Å². The fraction of sp³-hybridized carbons (Fsp3) is 0.333. The lowest BCUT2D eigenvalue weighted by Gasteiger charge is -2.06. The van der Waals surface area contributed by atoms with Crippen LogP contribution in [0, 0.1) is 5.41 Å². The standard InChI is InChI=1S/C12H19N5O2S/c1-20(18,19)3-2-16-8-10(7-13)4-9-5-11(14)17-12(15)6-9/h5-8,13,16H,2-4H2,1H3,(H4,14,15,17)/b10-8-,13-7?. The summed E-state index contributed by atoms with van der Waals surface area (Å²) in [5.41, 5.74) is 12.7. The van der Waals surface area contributed by atoms with Crippen molar-refractivity contribution in [3.05, 3.63) is 29.5 Å². The summed E-state index contributed by atoms with van der Waals surface area (Å²) < 4.78 is 21.9. The van der Waals surface area contributed by atoms with Crippen LogP contribution in [0.25, 0.3) is 0 Å². The fourth-order valence-electron chi connectivity index (χ4n) is 1.56. The van der Waals surface area contributed by atoms with Crippen LogP contribution in [0.3, 0.4) is 0 Å². The minimum Gasteiger partial charge on any atom is -0.390 e. The lowest BCUT2D eigenvalue weighted by Crippen LogP contribution is -2.18. The molecule has 0 spiro atoms. The first-order chi connectivity index (χ1) is 9.30. The smallest absolute Gasteiger partial charge is 0.149 e. The highest BCUT2D eigenvalue weighted by Gasteiger charge is 2.02. The number of hydrogen-bond acceptors (Lipinski definition) is 7. The molecule has 20 heavy (non-hydrogen) atoms. The normalized spacial score (nSPS) is 12.2. The molecule has 0 aliphatic rings. The zero-order valence-electron chi connectivity index (χ0n) is 11.3. The Balaban J connectivity index is 2.64. The molecule has 0 saturated carbocycles. The van der Waals surface area contributed by atoms with Crippen molar-refractivity contribution >= 4 is 27.7 Å². The molecule has 0 saturated heterocycles. The van der Waals surface area contributed by atoms with Gasteiger partial charge in [-0.05, 0) is 23.3 Å². The number of pyridine rings is 1. The molecule has 7 nitrogen and oxygen atoms in total. The molecule has 8 heteroatoms. The van der Waals surface area contributed by atoms with Crippen molar-refractivity contribution in [2.24, 2.45) is 0 Å². The second-order valence-corrected chi connectivity index (χ2v) is 6.71. The molecule has 0 aromatic carbocycles. The highest BCUT2D eigenvalue weighted by atomic mass is 32.2. The van der Waals surface area contributed by atoms with Gasteiger partial charge in [0.2, 0.25) is 0 Å². The van der Waals surface area contributed by atoms with Crippen molar-refractivity contribution in [1.82, 2.24) is 10.3 Å². The van der Waals surface area contributed by atoms with Gasteiger partial charge in [-0.15, -0.1) is 0 Å². The Labute approximate surface area is 118 Å². The summed E-state index contributed by atoms with van der Waals surface area (Å²) in [7, 11) is -2.99. The van der Waals surface area contributed by atoms with Crippen molar-refractivity contribution in [3.63, 3.8) is 0 Å². The number of nitrogens with one attached hydrogen (secondary N) is 2. The van der Waals surface area contributed by atoms with Gasteiger partial charge in [0, 0.05) is 31.6 Å². The van der Waals surface area contributed by atoms with Crippen LogP contribution in [-0.4, -0.2) is 38.2 Å². The molecule has 1 aromatic rings. The molecule has 0 atom stereocenters. The van der Waals surface area contributed by atoms with E-state index in [9.17, 15) is 8.42 Å². The maximum Gasteiger partial charge on any atom is 0.149 e. The van der Waals surface area contributed by atoms with Crippen LogP contribution in [0.4, 0.5) is 11.6 Å². The Bertz CT molecular complexity index is 590. The van der Waals surface area contributed by atoms with Gasteiger partial charge < -0.3 is 22.2 Å². The van der Waals surface area contributed by atoms with E-state index in [2.05, 4.69) is 10.3 Å². The monoisotopic (exact) mass is 297 g/mol. The van der Waals surface area contributed by atoms with Gasteiger partial charge in [0.15, 0.2) is 0 Å². The first-order valence-electron chi connectivity index (χ1n) is 5.92. The van der Waals surface area contributed by atoms with E-state index in [1.807, 2.05) is 0 Å². The number of allylic oxidation sites excluding steroid dienone is 1. The number of hydrogen-bond donors (Lipinski definition) is 4. The van der Waals surface area contributed by atoms with Crippen molar-refractivity contribution in [2.75, 3.05) is 30.0 Å². The topological polar surface area (TPSA) is 135 Å². The van der Waals surface area contributed by atoms with Crippen molar-refractivity contribution in [2.45, 2.75) is 6.42 Å². The molecule has 0 unspecified atom stereocenters. The summed E-state index contributed by atoms with van der Waals surface area (Å²) in [6, 6.07) is 3.37. The van der Waals surface area contributed by atoms with E-state index < -0.39 is 9.84 Å². The Morgan fingerprint density at radius 2 is 2.00 bits per heavy atom. The van der Waals surface area contributed by atoms with E-state index in [4.69, 9.17) is 16.9 Å². The Hall–Kier alpha value is -2.09. The Morgan fingerprint density at radius 1 is 1.40 bits per heavy atom. The van der Waals surface area contributed by atoms with E-state index in [1.165, 1.54) is 12.5 Å². The van der Waals surface area contributed by atoms with Crippen molar-refractivity contribution in [3.8, 4) is 0 Å². The van der Waals surface area contributed by atoms with Crippen LogP contribution in [0.15, 0.2) is 23.9 Å². The molecule has 1 rings (SSSR count). The summed E-state index contributed by atoms with van der Waals surface area (Å²) in [6.45, 7) is 0.302. The zero-order valence-corrected chi connectivity index (χ0v) is 12.1. The van der Waals surface area contributed by atoms with Gasteiger partial charge in [-0.3, -0.25) is 0 Å². The molecule has 0 aliphatic heterocycles. The summed E-state index contributed by atoms with van der Waals surface area (Å²) in [4.78, 5) is 3.87. The number of nitrogens with zero attached hydrogens (tertiary/aromatic N) is 1. The summed E-state index contributed by atoms with van der Waals surface area (Å²) in [5, 5.41) is 10.2. The third kappa shape index (κ3) is 6.19. The molecule has 0 fully saturated rings. The maximum atomic E-state index is 11.0. The van der Waals surface area contributed by atoms with Crippen LogP contribution in [0.5, 0.6) is 0 Å². The molecule has 6 N–H and O–H groups in total. The summed E-state index contributed by atoms with van der Waals surface area (Å²) in [6.07, 6.45) is 4.45.